The van der Waals surface area contributed by atoms with Crippen molar-refractivity contribution >= 4 is 5.78 Å². The molecule has 0 bridgehead atoms. The molecule has 0 radical (unpaired) electrons. The predicted molar refractivity (Wildman–Crippen MR) is 94.0 cm³/mol. The molecule has 126 valence electrons. The van der Waals surface area contributed by atoms with Gasteiger partial charge in [-0.3, -0.25) is 9.69 Å². The highest BCUT2D eigenvalue weighted by Gasteiger charge is 2.16. The zero-order chi connectivity index (χ0) is 16.7. The number of carbonyl (C=O) groups excluding carboxylic acids is 1. The second-order valence-corrected chi connectivity index (χ2v) is 4.84. The van der Waals surface area contributed by atoms with E-state index in [-0.39, 0.29) is 5.78 Å². The molecule has 4 nitrogen and oxygen atoms in total. The van der Waals surface area contributed by atoms with Gasteiger partial charge in [0.05, 0.1) is 6.54 Å². The summed E-state index contributed by atoms with van der Waals surface area (Å²) >= 11 is 0. The van der Waals surface area contributed by atoms with Crippen molar-refractivity contribution in [2.75, 3.05) is 59.9 Å². The van der Waals surface area contributed by atoms with Crippen LogP contribution in [0, 0.1) is 0 Å². The van der Waals surface area contributed by atoms with Gasteiger partial charge in [-0.1, -0.05) is 40.7 Å². The number of rotatable bonds is 6. The Morgan fingerprint density at radius 1 is 1.00 bits per heavy atom. The predicted octanol–water partition coefficient (Wildman–Crippen LogP) is 2.36. The Labute approximate surface area is 132 Å². The van der Waals surface area contributed by atoms with Crippen molar-refractivity contribution in [2.24, 2.45) is 0 Å². The Morgan fingerprint density at radius 2 is 1.48 bits per heavy atom. The van der Waals surface area contributed by atoms with Crippen molar-refractivity contribution in [3.8, 4) is 0 Å². The summed E-state index contributed by atoms with van der Waals surface area (Å²) in [6, 6.07) is 0. The molecule has 21 heavy (non-hydrogen) atoms. The molecule has 1 rings (SSSR count). The van der Waals surface area contributed by atoms with Crippen LogP contribution >= 0.6 is 0 Å². The molecule has 0 aromatic heterocycles. The van der Waals surface area contributed by atoms with Crippen molar-refractivity contribution in [1.82, 2.24) is 14.7 Å². The van der Waals surface area contributed by atoms with Gasteiger partial charge in [-0.2, -0.15) is 0 Å². The Balaban J connectivity index is 0. The first-order chi connectivity index (χ1) is 10.1. The minimum Gasteiger partial charge on any atom is -0.306 e. The average molecular weight is 300 g/mol. The summed E-state index contributed by atoms with van der Waals surface area (Å²) in [5, 5.41) is 0. The van der Waals surface area contributed by atoms with Crippen LogP contribution in [0.2, 0.25) is 0 Å². The van der Waals surface area contributed by atoms with E-state index in [0.29, 0.717) is 6.54 Å². The second kappa shape index (κ2) is 15.7. The Kier molecular flexibility index (Phi) is 16.8. The fourth-order valence-corrected chi connectivity index (χ4v) is 1.93. The second-order valence-electron chi connectivity index (χ2n) is 4.84. The zero-order valence-electron chi connectivity index (χ0n) is 15.4. The first-order valence-electron chi connectivity index (χ1n) is 8.40. The van der Waals surface area contributed by atoms with Crippen molar-refractivity contribution in [2.45, 2.75) is 34.6 Å². The molecule has 1 aliphatic heterocycles. The van der Waals surface area contributed by atoms with Crippen molar-refractivity contribution < 1.29 is 4.79 Å². The summed E-state index contributed by atoms with van der Waals surface area (Å²) in [6.45, 7) is 16.9. The summed E-state index contributed by atoms with van der Waals surface area (Å²) in [7, 11) is 4.00. The standard InChI is InChI=1S/C13H25N3O.2C2H6/c1-4-15-8-10-16(11-9-15)12-13(17)6-5-7-14(2)3;2*1-2/h5-6H,4,7-12H2,1-3H3;2*1-2H3/b6-5+;;. The lowest BCUT2D eigenvalue weighted by Gasteiger charge is -2.33. The van der Waals surface area contributed by atoms with Crippen LogP contribution in [-0.2, 0) is 4.79 Å². The van der Waals surface area contributed by atoms with Gasteiger partial charge < -0.3 is 9.80 Å². The summed E-state index contributed by atoms with van der Waals surface area (Å²) < 4.78 is 0. The number of ketones is 1. The maximum atomic E-state index is 11.7. The molecule has 1 aliphatic rings. The minimum atomic E-state index is 0.219. The van der Waals surface area contributed by atoms with Crippen LogP contribution in [0.3, 0.4) is 0 Å². The molecular weight excluding hydrogens is 262 g/mol. The van der Waals surface area contributed by atoms with Gasteiger partial charge in [-0.15, -0.1) is 0 Å². The molecule has 1 fully saturated rings. The minimum absolute atomic E-state index is 0.219. The van der Waals surface area contributed by atoms with E-state index in [1.807, 2.05) is 52.8 Å². The SMILES string of the molecule is CC.CC.CCN1CCN(CC(=O)/C=C/CN(C)C)CC1. The van der Waals surface area contributed by atoms with E-state index in [2.05, 4.69) is 16.7 Å². The molecule has 0 aliphatic carbocycles. The largest absolute Gasteiger partial charge is 0.306 e. The number of hydrogen-bond donors (Lipinski definition) is 0. The number of hydrogen-bond acceptors (Lipinski definition) is 4. The van der Waals surface area contributed by atoms with Gasteiger partial charge in [0.15, 0.2) is 5.78 Å². The molecule has 0 amide bonds. The average Bonchev–Trinajstić information content (AvgIpc) is 2.51. The molecule has 0 unspecified atom stereocenters. The molecule has 1 saturated heterocycles. The summed E-state index contributed by atoms with van der Waals surface area (Å²) in [4.78, 5) is 18.4. The topological polar surface area (TPSA) is 26.8 Å². The van der Waals surface area contributed by atoms with Crippen LogP contribution in [0.15, 0.2) is 12.2 Å². The zero-order valence-corrected chi connectivity index (χ0v) is 15.4. The van der Waals surface area contributed by atoms with Crippen LogP contribution in [0.5, 0.6) is 0 Å². The van der Waals surface area contributed by atoms with E-state index in [9.17, 15) is 4.79 Å². The van der Waals surface area contributed by atoms with E-state index in [1.54, 1.807) is 6.08 Å². The molecule has 0 aromatic rings. The van der Waals surface area contributed by atoms with Crippen LogP contribution in [0.1, 0.15) is 34.6 Å². The van der Waals surface area contributed by atoms with Gasteiger partial charge in [0.1, 0.15) is 0 Å². The van der Waals surface area contributed by atoms with Crippen LogP contribution in [0.4, 0.5) is 0 Å². The van der Waals surface area contributed by atoms with Crippen molar-refractivity contribution in [1.29, 1.82) is 0 Å². The molecule has 0 spiro atoms. The van der Waals surface area contributed by atoms with Crippen LogP contribution in [-0.4, -0.2) is 80.4 Å². The van der Waals surface area contributed by atoms with Crippen LogP contribution in [0.25, 0.3) is 0 Å². The van der Waals surface area contributed by atoms with E-state index in [4.69, 9.17) is 0 Å². The first kappa shape index (κ1) is 22.6. The quantitative estimate of drug-likeness (QED) is 0.704. The van der Waals surface area contributed by atoms with E-state index in [1.165, 1.54) is 0 Å². The van der Waals surface area contributed by atoms with Crippen LogP contribution < -0.4 is 0 Å². The Morgan fingerprint density at radius 3 is 1.90 bits per heavy atom. The lowest BCUT2D eigenvalue weighted by molar-refractivity contribution is -0.116. The molecule has 0 saturated carbocycles. The molecule has 1 heterocycles. The lowest BCUT2D eigenvalue weighted by atomic mass is 10.2. The Bertz CT molecular complexity index is 257. The number of likely N-dealkylation sites (N-methyl/N-ethyl adjacent to an activating group) is 2. The third-order valence-electron chi connectivity index (χ3n) is 3.07. The third kappa shape index (κ3) is 12.7. The molecule has 0 N–H and O–H groups in total. The molecule has 0 aromatic carbocycles. The number of piperazine rings is 1. The smallest absolute Gasteiger partial charge is 0.169 e. The van der Waals surface area contributed by atoms with Gasteiger partial charge >= 0.3 is 0 Å². The highest BCUT2D eigenvalue weighted by molar-refractivity contribution is 5.91. The third-order valence-corrected chi connectivity index (χ3v) is 3.07. The highest BCUT2D eigenvalue weighted by Crippen LogP contribution is 2.01. The van der Waals surface area contributed by atoms with Crippen molar-refractivity contribution in [3.05, 3.63) is 12.2 Å². The maximum Gasteiger partial charge on any atom is 0.169 e. The van der Waals surface area contributed by atoms with Gasteiger partial charge in [0.25, 0.3) is 0 Å². The number of carbonyl (C=O) groups is 1. The summed E-state index contributed by atoms with van der Waals surface area (Å²) in [5.74, 6) is 0.219. The summed E-state index contributed by atoms with van der Waals surface area (Å²) in [6.07, 6.45) is 3.65. The van der Waals surface area contributed by atoms with Gasteiger partial charge in [0.2, 0.25) is 0 Å². The van der Waals surface area contributed by atoms with Crippen molar-refractivity contribution in [3.63, 3.8) is 0 Å². The van der Waals surface area contributed by atoms with E-state index in [0.717, 1.165) is 39.3 Å². The summed E-state index contributed by atoms with van der Waals surface area (Å²) in [5.41, 5.74) is 0. The van der Waals surface area contributed by atoms with Gasteiger partial charge in [-0.25, -0.2) is 0 Å². The molecular formula is C17H37N3O. The molecule has 0 atom stereocenters. The van der Waals surface area contributed by atoms with E-state index < -0.39 is 0 Å². The molecule has 4 heteroatoms. The monoisotopic (exact) mass is 299 g/mol. The van der Waals surface area contributed by atoms with E-state index >= 15 is 0 Å². The maximum absolute atomic E-state index is 11.7. The van der Waals surface area contributed by atoms with Gasteiger partial charge in [0, 0.05) is 32.7 Å². The fourth-order valence-electron chi connectivity index (χ4n) is 1.93. The Hall–Kier alpha value is -0.710. The first-order valence-corrected chi connectivity index (χ1v) is 8.40. The number of nitrogens with zero attached hydrogens (tertiary/aromatic N) is 3. The normalized spacial score (nSPS) is 16.2. The highest BCUT2D eigenvalue weighted by atomic mass is 16.1. The van der Waals surface area contributed by atoms with Gasteiger partial charge in [-0.05, 0) is 26.7 Å². The fraction of sp³-hybridized carbons (Fsp3) is 0.824. The lowest BCUT2D eigenvalue weighted by Crippen LogP contribution is -2.47.